The predicted octanol–water partition coefficient (Wildman–Crippen LogP) is 5.07. The normalized spacial score (nSPS) is 18.0. The highest BCUT2D eigenvalue weighted by Crippen LogP contribution is 2.42. The van der Waals surface area contributed by atoms with Gasteiger partial charge in [-0.2, -0.15) is 0 Å². The molecule has 0 aliphatic carbocycles. The Labute approximate surface area is 287 Å². The van der Waals surface area contributed by atoms with Crippen LogP contribution in [0.4, 0.5) is 5.13 Å². The lowest BCUT2D eigenvalue weighted by atomic mass is 9.77. The Kier molecular flexibility index (Phi) is 9.42. The lowest BCUT2D eigenvalue weighted by Gasteiger charge is -2.49. The number of carboxylic acids is 1. The van der Waals surface area contributed by atoms with Gasteiger partial charge in [-0.1, -0.05) is 119 Å². The van der Waals surface area contributed by atoms with E-state index in [-0.39, 0.29) is 17.1 Å². The molecule has 2 amide bonds. The molecule has 1 saturated heterocycles. The zero-order valence-electron chi connectivity index (χ0n) is 24.4. The van der Waals surface area contributed by atoms with Gasteiger partial charge in [-0.25, -0.2) is 9.78 Å². The van der Waals surface area contributed by atoms with E-state index in [1.807, 2.05) is 54.6 Å². The molecule has 4 aromatic rings. The lowest BCUT2D eigenvalue weighted by molar-refractivity contribution is -0.150. The number of thioether (sulfide) groups is 1. The van der Waals surface area contributed by atoms with E-state index in [1.165, 1.54) is 35.1 Å². The van der Waals surface area contributed by atoms with E-state index in [2.05, 4.69) is 74.8 Å². The van der Waals surface area contributed by atoms with Gasteiger partial charge in [-0.15, -0.1) is 23.1 Å². The maximum absolute atomic E-state index is 13.6. The van der Waals surface area contributed by atoms with Gasteiger partial charge in [0, 0.05) is 15.6 Å². The van der Waals surface area contributed by atoms with Gasteiger partial charge in [0.1, 0.15) is 35.5 Å². The minimum Gasteiger partial charge on any atom is -0.477 e. The van der Waals surface area contributed by atoms with Crippen LogP contribution in [0.3, 0.4) is 0 Å². The number of nitrogens with one attached hydrogen (secondary N) is 2. The summed E-state index contributed by atoms with van der Waals surface area (Å²) in [6.07, 6.45) is 0. The van der Waals surface area contributed by atoms with E-state index in [1.54, 1.807) is 5.38 Å². The number of benzene rings is 3. The largest absolute Gasteiger partial charge is 0.477 e. The Hall–Kier alpha value is -4.21. The van der Waals surface area contributed by atoms with Crippen molar-refractivity contribution in [2.45, 2.75) is 17.0 Å². The summed E-state index contributed by atoms with van der Waals surface area (Å²) in [6, 6.07) is 29.3. The van der Waals surface area contributed by atoms with E-state index in [0.29, 0.717) is 20.9 Å². The summed E-state index contributed by atoms with van der Waals surface area (Å²) in [7, 11) is 1.33. The number of rotatable bonds is 11. The molecule has 3 heterocycles. The second kappa shape index (κ2) is 13.6. The summed E-state index contributed by atoms with van der Waals surface area (Å²) in [5.41, 5.74) is 2.97. The molecule has 46 heavy (non-hydrogen) atoms. The molecule has 6 rings (SSSR count). The zero-order valence-corrected chi connectivity index (χ0v) is 28.2. The van der Waals surface area contributed by atoms with Crippen LogP contribution in [0.25, 0.3) is 0 Å². The molecule has 1 aromatic heterocycles. The third-order valence-corrected chi connectivity index (χ3v) is 10.8. The van der Waals surface area contributed by atoms with Gasteiger partial charge < -0.3 is 20.6 Å². The summed E-state index contributed by atoms with van der Waals surface area (Å²) in [4.78, 5) is 49.6. The van der Waals surface area contributed by atoms with Crippen molar-refractivity contribution in [1.29, 1.82) is 0 Å². The summed E-state index contributed by atoms with van der Waals surface area (Å²) in [5.74, 6) is -1.84. The molecule has 2 atom stereocenters. The molecule has 3 N–H and O–H groups in total. The number of carbonyl (C=O) groups is 3. The van der Waals surface area contributed by atoms with Crippen LogP contribution < -0.4 is 10.6 Å². The molecule has 3 aromatic carbocycles. The smallest absolute Gasteiger partial charge is 0.352 e. The first kappa shape index (κ1) is 31.8. The molecule has 0 radical (unpaired) electrons. The number of halogens is 1. The number of oxime groups is 1. The van der Waals surface area contributed by atoms with Crippen LogP contribution in [-0.4, -0.2) is 67.2 Å². The summed E-state index contributed by atoms with van der Waals surface area (Å²) < 4.78 is 0.491. The third kappa shape index (κ3) is 5.78. The Morgan fingerprint density at radius 2 is 1.59 bits per heavy atom. The zero-order chi connectivity index (χ0) is 32.3. The SMILES string of the molecule is CO/N=C(\C(=O)N[C@@H]1C(=O)N2C(C(=O)O)=C(CI)CS[C@H]12)c1csc(NC(c2ccccc2)(c2ccccc2)c2ccccc2)n1. The third-order valence-electron chi connectivity index (χ3n) is 7.76. The molecular formula is C33H28IN5O5S2. The molecule has 0 spiro atoms. The number of alkyl halides is 1. The van der Waals surface area contributed by atoms with Crippen molar-refractivity contribution < 1.29 is 24.3 Å². The molecule has 0 bridgehead atoms. The monoisotopic (exact) mass is 765 g/mol. The van der Waals surface area contributed by atoms with E-state index in [9.17, 15) is 19.5 Å². The molecule has 13 heteroatoms. The first-order valence-corrected chi connectivity index (χ1v) is 17.6. The molecule has 2 aliphatic rings. The summed E-state index contributed by atoms with van der Waals surface area (Å²) >= 11 is 4.81. The minimum absolute atomic E-state index is 0.00613. The average molecular weight is 766 g/mol. The molecule has 1 fully saturated rings. The second-order valence-corrected chi connectivity index (χ2v) is 13.1. The first-order valence-electron chi connectivity index (χ1n) is 14.2. The number of hydrogen-bond acceptors (Lipinski definition) is 9. The van der Waals surface area contributed by atoms with Crippen LogP contribution in [0.15, 0.2) is 113 Å². The fraction of sp³-hybridized carbons (Fsp3) is 0.182. The highest BCUT2D eigenvalue weighted by atomic mass is 127. The van der Waals surface area contributed by atoms with E-state index >= 15 is 0 Å². The number of aromatic nitrogens is 1. The number of fused-ring (bicyclic) bond motifs is 1. The van der Waals surface area contributed by atoms with Gasteiger partial charge in [0.05, 0.1) is 0 Å². The van der Waals surface area contributed by atoms with E-state index in [0.717, 1.165) is 16.7 Å². The number of thiazole rings is 1. The van der Waals surface area contributed by atoms with Gasteiger partial charge in [-0.3, -0.25) is 14.5 Å². The summed E-state index contributed by atoms with van der Waals surface area (Å²) in [6.45, 7) is 0. The van der Waals surface area contributed by atoms with Gasteiger partial charge in [-0.05, 0) is 22.3 Å². The van der Waals surface area contributed by atoms with Crippen molar-refractivity contribution in [3.63, 3.8) is 0 Å². The maximum atomic E-state index is 13.6. The molecular weight excluding hydrogens is 737 g/mol. The van der Waals surface area contributed by atoms with Crippen molar-refractivity contribution in [3.05, 3.63) is 130 Å². The first-order chi connectivity index (χ1) is 22.4. The van der Waals surface area contributed by atoms with Gasteiger partial charge in [0.25, 0.3) is 11.8 Å². The van der Waals surface area contributed by atoms with Crippen LogP contribution >= 0.6 is 45.7 Å². The number of aliphatic carboxylic acids is 1. The Morgan fingerprint density at radius 3 is 2.09 bits per heavy atom. The van der Waals surface area contributed by atoms with Crippen LogP contribution in [0.2, 0.25) is 0 Å². The standard InChI is InChI=1S/C33H28IN5O5S2/c1-44-38-25(28(40)36-26-29(41)39-27(31(42)43)20(17-34)18-45-30(26)39)24-19-46-32(35-24)37-33(21-11-5-2-6-12-21,22-13-7-3-8-14-22)23-15-9-4-10-16-23/h2-16,19,26,30H,17-18H2,1H3,(H,35,37)(H,36,40)(H,42,43)/b38-25-/t26-,30-/m1/s1. The quantitative estimate of drug-likeness (QED) is 0.0482. The van der Waals surface area contributed by atoms with Gasteiger partial charge in [0.15, 0.2) is 10.8 Å². The Morgan fingerprint density at radius 1 is 1.02 bits per heavy atom. The van der Waals surface area contributed by atoms with Crippen LogP contribution in [0.5, 0.6) is 0 Å². The Balaban J connectivity index is 1.30. The Bertz CT molecular complexity index is 1720. The fourth-order valence-electron chi connectivity index (χ4n) is 5.67. The predicted molar refractivity (Wildman–Crippen MR) is 187 cm³/mol. The number of β-lactam (4-membered cyclic amide) rings is 1. The van der Waals surface area contributed by atoms with Gasteiger partial charge >= 0.3 is 5.97 Å². The second-order valence-electron chi connectivity index (χ2n) is 10.4. The van der Waals surface area contributed by atoms with E-state index < -0.39 is 34.7 Å². The molecule has 0 saturated carbocycles. The van der Waals surface area contributed by atoms with Crippen LogP contribution in [-0.2, 0) is 24.8 Å². The molecule has 234 valence electrons. The molecule has 2 aliphatic heterocycles. The van der Waals surface area contributed by atoms with Crippen molar-refractivity contribution in [1.82, 2.24) is 15.2 Å². The number of nitrogens with zero attached hydrogens (tertiary/aromatic N) is 3. The minimum atomic E-state index is -1.16. The number of carbonyl (C=O) groups excluding carboxylic acids is 2. The lowest BCUT2D eigenvalue weighted by Crippen LogP contribution is -2.71. The highest BCUT2D eigenvalue weighted by Gasteiger charge is 2.54. The maximum Gasteiger partial charge on any atom is 0.352 e. The molecule has 10 nitrogen and oxygen atoms in total. The number of carboxylic acid groups (broad SMARTS) is 1. The summed E-state index contributed by atoms with van der Waals surface area (Å²) in [5, 5.41) is 21.8. The van der Waals surface area contributed by atoms with Crippen molar-refractivity contribution in [3.8, 4) is 0 Å². The van der Waals surface area contributed by atoms with E-state index in [4.69, 9.17) is 9.82 Å². The van der Waals surface area contributed by atoms with Crippen LogP contribution in [0.1, 0.15) is 22.4 Å². The number of amides is 2. The van der Waals surface area contributed by atoms with Crippen molar-refractivity contribution >= 4 is 74.3 Å². The molecule has 0 unspecified atom stereocenters. The van der Waals surface area contributed by atoms with Crippen molar-refractivity contribution in [2.24, 2.45) is 5.16 Å². The highest BCUT2D eigenvalue weighted by molar-refractivity contribution is 14.1. The van der Waals surface area contributed by atoms with Crippen molar-refractivity contribution in [2.75, 3.05) is 22.6 Å². The topological polar surface area (TPSA) is 133 Å². The van der Waals surface area contributed by atoms with Crippen LogP contribution in [0, 0.1) is 0 Å². The number of anilines is 1. The fourth-order valence-corrected chi connectivity index (χ4v) is 8.77. The average Bonchev–Trinajstić information content (AvgIpc) is 3.56. The number of hydrogen-bond donors (Lipinski definition) is 3. The van der Waals surface area contributed by atoms with Gasteiger partial charge in [0.2, 0.25) is 0 Å².